The summed E-state index contributed by atoms with van der Waals surface area (Å²) in [6.45, 7) is 1.97. The van der Waals surface area contributed by atoms with Gasteiger partial charge in [-0.3, -0.25) is 0 Å². The first-order valence-corrected chi connectivity index (χ1v) is 4.39. The Kier molecular flexibility index (Phi) is 3.79. The third-order valence-electron chi connectivity index (χ3n) is 1.90. The maximum absolute atomic E-state index is 5.74. The summed E-state index contributed by atoms with van der Waals surface area (Å²) in [6.07, 6.45) is 1.90. The maximum atomic E-state index is 5.74. The molecule has 0 fully saturated rings. The van der Waals surface area contributed by atoms with Gasteiger partial charge in [-0.25, -0.2) is 9.97 Å². The minimum atomic E-state index is -0.499. The summed E-state index contributed by atoms with van der Waals surface area (Å²) in [5.41, 5.74) is 6.40. The first-order valence-electron chi connectivity index (χ1n) is 4.39. The van der Waals surface area contributed by atoms with Gasteiger partial charge in [0, 0.05) is 26.8 Å². The molecule has 5 heteroatoms. The Morgan fingerprint density at radius 2 is 2.07 bits per heavy atom. The lowest BCUT2D eigenvalue weighted by Gasteiger charge is -2.14. The van der Waals surface area contributed by atoms with Crippen LogP contribution in [0.25, 0.3) is 0 Å². The Hall–Kier alpha value is -1.20. The molecule has 0 amide bonds. The van der Waals surface area contributed by atoms with Crippen LogP contribution in [0.1, 0.15) is 24.6 Å². The van der Waals surface area contributed by atoms with Crippen LogP contribution in [0.3, 0.4) is 0 Å². The second-order valence-corrected chi connectivity index (χ2v) is 2.78. The summed E-state index contributed by atoms with van der Waals surface area (Å²) in [7, 11) is 3.09. The largest absolute Gasteiger partial charge is 0.383 e. The molecule has 0 aromatic carbocycles. The maximum Gasteiger partial charge on any atom is 0.188 e. The van der Waals surface area contributed by atoms with E-state index in [2.05, 4.69) is 9.97 Å². The molecule has 0 unspecified atom stereocenters. The van der Waals surface area contributed by atoms with Crippen LogP contribution < -0.4 is 5.73 Å². The molecule has 14 heavy (non-hydrogen) atoms. The monoisotopic (exact) mass is 197 g/mol. The van der Waals surface area contributed by atoms with E-state index in [1.807, 2.05) is 6.92 Å². The average Bonchev–Trinajstić information content (AvgIpc) is 2.22. The number of nitrogens with zero attached hydrogens (tertiary/aromatic N) is 2. The van der Waals surface area contributed by atoms with Crippen LogP contribution in [0.15, 0.2) is 6.20 Å². The van der Waals surface area contributed by atoms with Gasteiger partial charge in [0.05, 0.1) is 5.56 Å². The van der Waals surface area contributed by atoms with Gasteiger partial charge in [-0.15, -0.1) is 0 Å². The highest BCUT2D eigenvalue weighted by Gasteiger charge is 2.14. The van der Waals surface area contributed by atoms with Crippen LogP contribution in [0, 0.1) is 0 Å². The number of aromatic nitrogens is 2. The van der Waals surface area contributed by atoms with E-state index in [0.717, 1.165) is 12.2 Å². The number of anilines is 1. The first-order chi connectivity index (χ1) is 6.72. The quantitative estimate of drug-likeness (QED) is 0.726. The van der Waals surface area contributed by atoms with Crippen LogP contribution in [-0.4, -0.2) is 24.2 Å². The molecule has 5 nitrogen and oxygen atoms in total. The molecule has 0 radical (unpaired) electrons. The molecule has 2 N–H and O–H groups in total. The molecule has 0 aliphatic rings. The number of nitrogens with two attached hydrogens (primary N) is 1. The number of methoxy groups -OCH3 is 2. The number of aryl methyl sites for hydroxylation is 1. The van der Waals surface area contributed by atoms with Gasteiger partial charge in [-0.05, 0) is 0 Å². The molecule has 0 bridgehead atoms. The van der Waals surface area contributed by atoms with Crippen molar-refractivity contribution >= 4 is 5.82 Å². The summed E-state index contributed by atoms with van der Waals surface area (Å²) < 4.78 is 10.1. The minimum Gasteiger partial charge on any atom is -0.383 e. The van der Waals surface area contributed by atoms with Crippen LogP contribution in [0.5, 0.6) is 0 Å². The number of rotatable bonds is 4. The molecule has 0 atom stereocenters. The predicted octanol–water partition coefficient (Wildman–Crippen LogP) is 0.913. The van der Waals surface area contributed by atoms with Gasteiger partial charge >= 0.3 is 0 Å². The summed E-state index contributed by atoms with van der Waals surface area (Å²) in [5, 5.41) is 0. The number of nitrogen functional groups attached to an aromatic ring is 1. The van der Waals surface area contributed by atoms with Crippen molar-refractivity contribution in [2.45, 2.75) is 19.6 Å². The van der Waals surface area contributed by atoms with E-state index in [1.165, 1.54) is 0 Å². The lowest BCUT2D eigenvalue weighted by molar-refractivity contribution is -0.105. The van der Waals surface area contributed by atoms with Crippen molar-refractivity contribution in [1.82, 2.24) is 9.97 Å². The van der Waals surface area contributed by atoms with Gasteiger partial charge < -0.3 is 15.2 Å². The van der Waals surface area contributed by atoms with Gasteiger partial charge in [0.1, 0.15) is 11.6 Å². The standard InChI is InChI=1S/C9H15N3O2/c1-4-7-11-5-6(8(10)12-7)9(13-2)14-3/h5,9H,4H2,1-3H3,(H2,10,11,12). The summed E-state index contributed by atoms with van der Waals surface area (Å²) in [4.78, 5) is 8.24. The van der Waals surface area contributed by atoms with Crippen LogP contribution in [-0.2, 0) is 15.9 Å². The Labute approximate surface area is 83.3 Å². The van der Waals surface area contributed by atoms with Crippen molar-refractivity contribution in [3.05, 3.63) is 17.6 Å². The molecular weight excluding hydrogens is 182 g/mol. The first kappa shape index (κ1) is 10.9. The Morgan fingerprint density at radius 3 is 2.50 bits per heavy atom. The van der Waals surface area contributed by atoms with E-state index >= 15 is 0 Å². The van der Waals surface area contributed by atoms with Crippen LogP contribution in [0.2, 0.25) is 0 Å². The van der Waals surface area contributed by atoms with E-state index in [0.29, 0.717) is 11.4 Å². The van der Waals surface area contributed by atoms with Gasteiger partial charge in [0.25, 0.3) is 0 Å². The molecule has 0 saturated carbocycles. The van der Waals surface area contributed by atoms with Gasteiger partial charge in [0.15, 0.2) is 6.29 Å². The summed E-state index contributed by atoms with van der Waals surface area (Å²) in [6, 6.07) is 0. The molecule has 0 spiro atoms. The lowest BCUT2D eigenvalue weighted by atomic mass is 10.3. The highest BCUT2D eigenvalue weighted by Crippen LogP contribution is 2.20. The molecule has 0 saturated heterocycles. The molecule has 1 rings (SSSR count). The zero-order valence-corrected chi connectivity index (χ0v) is 8.65. The fraction of sp³-hybridized carbons (Fsp3) is 0.556. The number of hydrogen-bond donors (Lipinski definition) is 1. The van der Waals surface area contributed by atoms with Crippen molar-refractivity contribution in [2.75, 3.05) is 20.0 Å². The molecule has 78 valence electrons. The Balaban J connectivity index is 2.98. The van der Waals surface area contributed by atoms with E-state index in [9.17, 15) is 0 Å². The van der Waals surface area contributed by atoms with Crippen molar-refractivity contribution in [2.24, 2.45) is 0 Å². The second-order valence-electron chi connectivity index (χ2n) is 2.78. The fourth-order valence-electron chi connectivity index (χ4n) is 1.14. The Morgan fingerprint density at radius 1 is 1.43 bits per heavy atom. The van der Waals surface area contributed by atoms with Crippen molar-refractivity contribution in [3.63, 3.8) is 0 Å². The molecule has 0 aliphatic heterocycles. The highest BCUT2D eigenvalue weighted by atomic mass is 16.7. The van der Waals surface area contributed by atoms with Crippen molar-refractivity contribution in [3.8, 4) is 0 Å². The summed E-state index contributed by atoms with van der Waals surface area (Å²) >= 11 is 0. The topological polar surface area (TPSA) is 70.3 Å². The van der Waals surface area contributed by atoms with Crippen LogP contribution in [0.4, 0.5) is 5.82 Å². The molecule has 1 heterocycles. The van der Waals surface area contributed by atoms with E-state index in [1.54, 1.807) is 20.4 Å². The third kappa shape index (κ3) is 2.18. The van der Waals surface area contributed by atoms with E-state index < -0.39 is 6.29 Å². The average molecular weight is 197 g/mol. The SMILES string of the molecule is CCc1ncc(C(OC)OC)c(N)n1. The molecule has 1 aromatic heterocycles. The summed E-state index contributed by atoms with van der Waals surface area (Å²) in [5.74, 6) is 1.13. The second kappa shape index (κ2) is 4.88. The molecule has 1 aromatic rings. The normalized spacial score (nSPS) is 10.9. The minimum absolute atomic E-state index is 0.408. The number of ether oxygens (including phenoxy) is 2. The van der Waals surface area contributed by atoms with E-state index in [-0.39, 0.29) is 0 Å². The smallest absolute Gasteiger partial charge is 0.188 e. The predicted molar refractivity (Wildman–Crippen MR) is 52.6 cm³/mol. The van der Waals surface area contributed by atoms with Crippen LogP contribution >= 0.6 is 0 Å². The fourth-order valence-corrected chi connectivity index (χ4v) is 1.14. The van der Waals surface area contributed by atoms with Crippen molar-refractivity contribution in [1.29, 1.82) is 0 Å². The van der Waals surface area contributed by atoms with E-state index in [4.69, 9.17) is 15.2 Å². The number of hydrogen-bond acceptors (Lipinski definition) is 5. The lowest BCUT2D eigenvalue weighted by Crippen LogP contribution is -2.10. The molecular formula is C9H15N3O2. The zero-order chi connectivity index (χ0) is 10.6. The van der Waals surface area contributed by atoms with Gasteiger partial charge in [-0.1, -0.05) is 6.92 Å². The Bertz CT molecular complexity index is 300. The molecule has 0 aliphatic carbocycles. The third-order valence-corrected chi connectivity index (χ3v) is 1.90. The highest BCUT2D eigenvalue weighted by molar-refractivity contribution is 5.38. The van der Waals surface area contributed by atoms with Crippen molar-refractivity contribution < 1.29 is 9.47 Å². The zero-order valence-electron chi connectivity index (χ0n) is 8.65. The van der Waals surface area contributed by atoms with Gasteiger partial charge in [-0.2, -0.15) is 0 Å². The van der Waals surface area contributed by atoms with Gasteiger partial charge in [0.2, 0.25) is 0 Å².